The molecule has 0 N–H and O–H groups in total. The standard InChI is InChI=1S/C12H20O/c1-2-5-11-6-3-7-12(10-11)8-4-9-13/h7,9,11H,2-6,8,10H2,1H3. The first-order valence-corrected chi connectivity index (χ1v) is 5.48. The van der Waals surface area contributed by atoms with Crippen LogP contribution >= 0.6 is 0 Å². The number of aldehydes is 1. The molecule has 1 aliphatic rings. The van der Waals surface area contributed by atoms with E-state index in [9.17, 15) is 4.79 Å². The third-order valence-electron chi connectivity index (χ3n) is 2.84. The molecule has 0 spiro atoms. The van der Waals surface area contributed by atoms with Gasteiger partial charge in [0.05, 0.1) is 0 Å². The molecule has 0 amide bonds. The summed E-state index contributed by atoms with van der Waals surface area (Å²) in [6.07, 6.45) is 11.6. The van der Waals surface area contributed by atoms with Gasteiger partial charge in [-0.1, -0.05) is 31.4 Å². The van der Waals surface area contributed by atoms with E-state index >= 15 is 0 Å². The fourth-order valence-electron chi connectivity index (χ4n) is 2.18. The Hall–Kier alpha value is -0.590. The molecular formula is C12H20O. The number of allylic oxidation sites excluding steroid dienone is 2. The molecule has 0 saturated heterocycles. The summed E-state index contributed by atoms with van der Waals surface area (Å²) in [4.78, 5) is 10.2. The van der Waals surface area contributed by atoms with Crippen LogP contribution in [0.5, 0.6) is 0 Å². The quantitative estimate of drug-likeness (QED) is 0.467. The third kappa shape index (κ3) is 3.75. The monoisotopic (exact) mass is 180 g/mol. The van der Waals surface area contributed by atoms with Crippen molar-refractivity contribution >= 4 is 6.29 Å². The molecule has 0 aromatic heterocycles. The molecule has 0 fully saturated rings. The van der Waals surface area contributed by atoms with E-state index in [1.165, 1.54) is 37.7 Å². The Kier molecular flexibility index (Phi) is 4.81. The lowest BCUT2D eigenvalue weighted by atomic mass is 9.84. The van der Waals surface area contributed by atoms with Crippen LogP contribution in [0.4, 0.5) is 0 Å². The highest BCUT2D eigenvalue weighted by atomic mass is 16.1. The molecule has 0 aromatic rings. The Morgan fingerprint density at radius 2 is 2.46 bits per heavy atom. The highest BCUT2D eigenvalue weighted by Crippen LogP contribution is 2.29. The molecule has 1 nitrogen and oxygen atoms in total. The molecule has 74 valence electrons. The maximum atomic E-state index is 10.2. The Morgan fingerprint density at radius 1 is 1.62 bits per heavy atom. The molecule has 1 rings (SSSR count). The van der Waals surface area contributed by atoms with Crippen LogP contribution in [-0.4, -0.2) is 6.29 Å². The van der Waals surface area contributed by atoms with E-state index in [2.05, 4.69) is 13.0 Å². The summed E-state index contributed by atoms with van der Waals surface area (Å²) < 4.78 is 0. The molecule has 1 unspecified atom stereocenters. The van der Waals surface area contributed by atoms with Gasteiger partial charge in [-0.05, 0) is 31.6 Å². The van der Waals surface area contributed by atoms with Gasteiger partial charge in [-0.15, -0.1) is 0 Å². The summed E-state index contributed by atoms with van der Waals surface area (Å²) in [6, 6.07) is 0. The molecule has 0 aromatic carbocycles. The van der Waals surface area contributed by atoms with Gasteiger partial charge in [-0.2, -0.15) is 0 Å². The minimum absolute atomic E-state index is 0.713. The Balaban J connectivity index is 2.30. The largest absolute Gasteiger partial charge is 0.303 e. The highest BCUT2D eigenvalue weighted by Gasteiger charge is 2.13. The van der Waals surface area contributed by atoms with Crippen LogP contribution in [0.2, 0.25) is 0 Å². The number of carbonyl (C=O) groups is 1. The molecule has 0 aliphatic heterocycles. The van der Waals surface area contributed by atoms with Gasteiger partial charge < -0.3 is 4.79 Å². The Bertz CT molecular complexity index is 182. The van der Waals surface area contributed by atoms with Gasteiger partial charge in [0.15, 0.2) is 0 Å². The number of hydrogen-bond donors (Lipinski definition) is 0. The topological polar surface area (TPSA) is 17.1 Å². The van der Waals surface area contributed by atoms with Crippen molar-refractivity contribution in [2.75, 3.05) is 0 Å². The smallest absolute Gasteiger partial charge is 0.120 e. The van der Waals surface area contributed by atoms with Crippen LogP contribution < -0.4 is 0 Å². The molecule has 1 heteroatoms. The number of rotatable bonds is 5. The summed E-state index contributed by atoms with van der Waals surface area (Å²) in [5, 5.41) is 0. The van der Waals surface area contributed by atoms with Gasteiger partial charge in [-0.3, -0.25) is 0 Å². The maximum Gasteiger partial charge on any atom is 0.120 e. The van der Waals surface area contributed by atoms with Gasteiger partial charge in [0.25, 0.3) is 0 Å². The summed E-state index contributed by atoms with van der Waals surface area (Å²) >= 11 is 0. The molecule has 0 radical (unpaired) electrons. The van der Waals surface area contributed by atoms with Crippen LogP contribution in [-0.2, 0) is 4.79 Å². The first-order chi connectivity index (χ1) is 6.36. The SMILES string of the molecule is CCCC1CCC=C(CCC=O)C1. The molecule has 0 bridgehead atoms. The lowest BCUT2D eigenvalue weighted by Gasteiger charge is -2.21. The van der Waals surface area contributed by atoms with E-state index in [1.54, 1.807) is 0 Å². The number of hydrogen-bond acceptors (Lipinski definition) is 1. The zero-order valence-electron chi connectivity index (χ0n) is 8.59. The van der Waals surface area contributed by atoms with Crippen LogP contribution in [0.15, 0.2) is 11.6 Å². The predicted octanol–water partition coefficient (Wildman–Crippen LogP) is 3.49. The lowest BCUT2D eigenvalue weighted by Crippen LogP contribution is -2.06. The molecule has 1 aliphatic carbocycles. The van der Waals surface area contributed by atoms with Crippen LogP contribution in [0.25, 0.3) is 0 Å². The molecule has 0 heterocycles. The van der Waals surface area contributed by atoms with E-state index in [-0.39, 0.29) is 0 Å². The van der Waals surface area contributed by atoms with Gasteiger partial charge in [0.2, 0.25) is 0 Å². The zero-order chi connectivity index (χ0) is 9.52. The van der Waals surface area contributed by atoms with E-state index in [0.717, 1.165) is 18.6 Å². The van der Waals surface area contributed by atoms with Crippen LogP contribution in [0, 0.1) is 5.92 Å². The van der Waals surface area contributed by atoms with Gasteiger partial charge in [-0.25, -0.2) is 0 Å². The van der Waals surface area contributed by atoms with E-state index in [0.29, 0.717) is 6.42 Å². The van der Waals surface area contributed by atoms with E-state index < -0.39 is 0 Å². The minimum atomic E-state index is 0.713. The van der Waals surface area contributed by atoms with Gasteiger partial charge in [0, 0.05) is 6.42 Å². The van der Waals surface area contributed by atoms with Gasteiger partial charge in [0.1, 0.15) is 6.29 Å². The highest BCUT2D eigenvalue weighted by molar-refractivity contribution is 5.49. The van der Waals surface area contributed by atoms with Gasteiger partial charge >= 0.3 is 0 Å². The second kappa shape index (κ2) is 5.95. The zero-order valence-corrected chi connectivity index (χ0v) is 8.59. The average molecular weight is 180 g/mol. The molecule has 0 saturated carbocycles. The second-order valence-corrected chi connectivity index (χ2v) is 4.00. The summed E-state index contributed by atoms with van der Waals surface area (Å²) in [7, 11) is 0. The van der Waals surface area contributed by atoms with Crippen LogP contribution in [0.3, 0.4) is 0 Å². The summed E-state index contributed by atoms with van der Waals surface area (Å²) in [5.41, 5.74) is 1.52. The van der Waals surface area contributed by atoms with Crippen LogP contribution in [0.1, 0.15) is 51.9 Å². The lowest BCUT2D eigenvalue weighted by molar-refractivity contribution is -0.107. The fourth-order valence-corrected chi connectivity index (χ4v) is 2.18. The first kappa shape index (κ1) is 10.5. The molecule has 1 atom stereocenters. The molecule has 13 heavy (non-hydrogen) atoms. The second-order valence-electron chi connectivity index (χ2n) is 4.00. The van der Waals surface area contributed by atoms with E-state index in [4.69, 9.17) is 0 Å². The van der Waals surface area contributed by atoms with Crippen molar-refractivity contribution in [1.82, 2.24) is 0 Å². The van der Waals surface area contributed by atoms with Crippen molar-refractivity contribution in [2.24, 2.45) is 5.92 Å². The maximum absolute atomic E-state index is 10.2. The van der Waals surface area contributed by atoms with Crippen molar-refractivity contribution < 1.29 is 4.79 Å². The summed E-state index contributed by atoms with van der Waals surface area (Å²) in [6.45, 7) is 2.25. The normalized spacial score (nSPS) is 22.5. The van der Waals surface area contributed by atoms with Crippen molar-refractivity contribution in [3.8, 4) is 0 Å². The number of carbonyl (C=O) groups excluding carboxylic acids is 1. The fraction of sp³-hybridized carbons (Fsp3) is 0.750. The Morgan fingerprint density at radius 3 is 3.15 bits per heavy atom. The third-order valence-corrected chi connectivity index (χ3v) is 2.84. The summed E-state index contributed by atoms with van der Waals surface area (Å²) in [5.74, 6) is 0.900. The van der Waals surface area contributed by atoms with Crippen molar-refractivity contribution in [3.63, 3.8) is 0 Å². The minimum Gasteiger partial charge on any atom is -0.303 e. The molecular weight excluding hydrogens is 160 g/mol. The first-order valence-electron chi connectivity index (χ1n) is 5.48. The average Bonchev–Trinajstić information content (AvgIpc) is 2.16. The van der Waals surface area contributed by atoms with Crippen molar-refractivity contribution in [2.45, 2.75) is 51.9 Å². The Labute approximate surface area is 81.2 Å². The van der Waals surface area contributed by atoms with Crippen molar-refractivity contribution in [1.29, 1.82) is 0 Å². The van der Waals surface area contributed by atoms with E-state index in [1.807, 2.05) is 0 Å². The predicted molar refractivity (Wildman–Crippen MR) is 55.6 cm³/mol. The van der Waals surface area contributed by atoms with Crippen molar-refractivity contribution in [3.05, 3.63) is 11.6 Å².